The van der Waals surface area contributed by atoms with E-state index in [1.807, 2.05) is 24.3 Å². The molecule has 0 spiro atoms. The molecule has 0 bridgehead atoms. The summed E-state index contributed by atoms with van der Waals surface area (Å²) >= 11 is 0. The SMILES string of the molecule is CC1=CC=CC1c1ccc2ccccc2c1C#N. The van der Waals surface area contributed by atoms with E-state index in [-0.39, 0.29) is 5.92 Å². The van der Waals surface area contributed by atoms with Gasteiger partial charge in [-0.3, -0.25) is 0 Å². The van der Waals surface area contributed by atoms with Gasteiger partial charge in [-0.1, -0.05) is 60.2 Å². The van der Waals surface area contributed by atoms with Crippen LogP contribution in [0.2, 0.25) is 0 Å². The number of nitriles is 1. The highest BCUT2D eigenvalue weighted by atomic mass is 14.3. The summed E-state index contributed by atoms with van der Waals surface area (Å²) in [6.07, 6.45) is 6.33. The highest BCUT2D eigenvalue weighted by Gasteiger charge is 2.18. The van der Waals surface area contributed by atoms with E-state index >= 15 is 0 Å². The fraction of sp³-hybridized carbons (Fsp3) is 0.118. The minimum absolute atomic E-state index is 0.254. The molecule has 86 valence electrons. The number of nitrogens with zero attached hydrogens (tertiary/aromatic N) is 1. The van der Waals surface area contributed by atoms with Gasteiger partial charge in [0, 0.05) is 5.92 Å². The van der Waals surface area contributed by atoms with E-state index in [1.54, 1.807) is 0 Å². The van der Waals surface area contributed by atoms with Crippen LogP contribution in [-0.2, 0) is 0 Å². The van der Waals surface area contributed by atoms with E-state index in [1.165, 1.54) is 5.57 Å². The average molecular weight is 231 g/mol. The van der Waals surface area contributed by atoms with Crippen molar-refractivity contribution >= 4 is 10.8 Å². The van der Waals surface area contributed by atoms with Crippen molar-refractivity contribution in [3.05, 3.63) is 71.3 Å². The minimum atomic E-state index is 0.254. The predicted molar refractivity (Wildman–Crippen MR) is 74.3 cm³/mol. The maximum atomic E-state index is 9.47. The van der Waals surface area contributed by atoms with Crippen LogP contribution < -0.4 is 0 Å². The minimum Gasteiger partial charge on any atom is -0.192 e. The lowest BCUT2D eigenvalue weighted by atomic mass is 9.88. The molecule has 0 aliphatic heterocycles. The molecule has 1 nitrogen and oxygen atoms in total. The van der Waals surface area contributed by atoms with Gasteiger partial charge in [0.05, 0.1) is 5.56 Å². The Morgan fingerprint density at radius 1 is 1.11 bits per heavy atom. The molecule has 0 heterocycles. The Morgan fingerprint density at radius 3 is 2.67 bits per heavy atom. The van der Waals surface area contributed by atoms with Gasteiger partial charge < -0.3 is 0 Å². The maximum absolute atomic E-state index is 9.47. The highest BCUT2D eigenvalue weighted by molar-refractivity contribution is 5.89. The lowest BCUT2D eigenvalue weighted by molar-refractivity contribution is 1.01. The first-order valence-corrected chi connectivity index (χ1v) is 6.08. The fourth-order valence-corrected chi connectivity index (χ4v) is 2.60. The standard InChI is InChI=1S/C17H13N/c1-12-5-4-8-14(12)16-10-9-13-6-2-3-7-15(13)17(16)11-18/h2-10,14H,1H3. The van der Waals surface area contributed by atoms with Gasteiger partial charge in [-0.15, -0.1) is 0 Å². The summed E-state index contributed by atoms with van der Waals surface area (Å²) in [7, 11) is 0. The molecule has 0 radical (unpaired) electrons. The van der Waals surface area contributed by atoms with Crippen molar-refractivity contribution in [3.63, 3.8) is 0 Å². The van der Waals surface area contributed by atoms with Crippen LogP contribution in [-0.4, -0.2) is 0 Å². The van der Waals surface area contributed by atoms with Gasteiger partial charge >= 0.3 is 0 Å². The van der Waals surface area contributed by atoms with Gasteiger partial charge in [0.25, 0.3) is 0 Å². The fourth-order valence-electron chi connectivity index (χ4n) is 2.60. The van der Waals surface area contributed by atoms with Crippen molar-refractivity contribution in [2.75, 3.05) is 0 Å². The average Bonchev–Trinajstić information content (AvgIpc) is 2.83. The zero-order valence-electron chi connectivity index (χ0n) is 10.2. The summed E-state index contributed by atoms with van der Waals surface area (Å²) in [4.78, 5) is 0. The van der Waals surface area contributed by atoms with E-state index in [2.05, 4.69) is 43.4 Å². The second kappa shape index (κ2) is 4.16. The van der Waals surface area contributed by atoms with E-state index in [9.17, 15) is 5.26 Å². The number of hydrogen-bond donors (Lipinski definition) is 0. The van der Waals surface area contributed by atoms with Crippen LogP contribution >= 0.6 is 0 Å². The second-order valence-electron chi connectivity index (χ2n) is 4.64. The van der Waals surface area contributed by atoms with Gasteiger partial charge in [0.2, 0.25) is 0 Å². The Labute approximate surface area is 107 Å². The Kier molecular flexibility index (Phi) is 2.50. The summed E-state index contributed by atoms with van der Waals surface area (Å²) in [5.41, 5.74) is 3.21. The summed E-state index contributed by atoms with van der Waals surface area (Å²) in [5.74, 6) is 0.254. The largest absolute Gasteiger partial charge is 0.192 e. The van der Waals surface area contributed by atoms with Crippen LogP contribution in [0.4, 0.5) is 0 Å². The third-order valence-corrected chi connectivity index (χ3v) is 3.56. The molecule has 1 atom stereocenters. The molecule has 1 unspecified atom stereocenters. The molecule has 2 aromatic carbocycles. The molecule has 18 heavy (non-hydrogen) atoms. The molecule has 0 amide bonds. The van der Waals surface area contributed by atoms with Gasteiger partial charge in [0.15, 0.2) is 0 Å². The van der Waals surface area contributed by atoms with Crippen LogP contribution in [0, 0.1) is 11.3 Å². The monoisotopic (exact) mass is 231 g/mol. The molecule has 1 aliphatic rings. The van der Waals surface area contributed by atoms with Crippen LogP contribution in [0.15, 0.2) is 60.2 Å². The van der Waals surface area contributed by atoms with Crippen molar-refractivity contribution in [3.8, 4) is 6.07 Å². The Hall–Kier alpha value is -2.33. The summed E-state index contributed by atoms with van der Waals surface area (Å²) in [6.45, 7) is 2.11. The van der Waals surface area contributed by atoms with E-state index in [0.717, 1.165) is 21.9 Å². The normalized spacial score (nSPS) is 17.8. The molecule has 0 fully saturated rings. The summed E-state index contributed by atoms with van der Waals surface area (Å²) in [5, 5.41) is 11.6. The molecule has 0 saturated carbocycles. The number of rotatable bonds is 1. The van der Waals surface area contributed by atoms with Gasteiger partial charge in [-0.25, -0.2) is 0 Å². The highest BCUT2D eigenvalue weighted by Crippen LogP contribution is 2.34. The zero-order chi connectivity index (χ0) is 12.5. The Morgan fingerprint density at radius 2 is 1.94 bits per heavy atom. The van der Waals surface area contributed by atoms with Crippen LogP contribution in [0.1, 0.15) is 24.0 Å². The third kappa shape index (κ3) is 1.55. The lowest BCUT2D eigenvalue weighted by Crippen LogP contribution is -1.98. The smallest absolute Gasteiger partial charge is 0.100 e. The molecule has 2 aromatic rings. The van der Waals surface area contributed by atoms with Gasteiger partial charge in [-0.05, 0) is 23.3 Å². The molecular weight excluding hydrogens is 218 g/mol. The van der Waals surface area contributed by atoms with Crippen LogP contribution in [0.3, 0.4) is 0 Å². The van der Waals surface area contributed by atoms with E-state index < -0.39 is 0 Å². The number of fused-ring (bicyclic) bond motifs is 1. The second-order valence-corrected chi connectivity index (χ2v) is 4.64. The third-order valence-electron chi connectivity index (χ3n) is 3.56. The first-order valence-electron chi connectivity index (χ1n) is 6.08. The number of allylic oxidation sites excluding steroid dienone is 4. The van der Waals surface area contributed by atoms with E-state index in [0.29, 0.717) is 0 Å². The zero-order valence-corrected chi connectivity index (χ0v) is 10.2. The summed E-state index contributed by atoms with van der Waals surface area (Å²) in [6, 6.07) is 14.6. The quantitative estimate of drug-likeness (QED) is 0.717. The lowest BCUT2D eigenvalue weighted by Gasteiger charge is -2.14. The first kappa shape index (κ1) is 10.8. The van der Waals surface area contributed by atoms with Gasteiger partial charge in [0.1, 0.15) is 6.07 Å². The molecule has 0 N–H and O–H groups in total. The number of benzene rings is 2. The van der Waals surface area contributed by atoms with Crippen molar-refractivity contribution < 1.29 is 0 Å². The van der Waals surface area contributed by atoms with Crippen LogP contribution in [0.5, 0.6) is 0 Å². The summed E-state index contributed by atoms with van der Waals surface area (Å²) < 4.78 is 0. The first-order chi connectivity index (χ1) is 8.81. The van der Waals surface area contributed by atoms with Crippen molar-refractivity contribution in [1.82, 2.24) is 0 Å². The molecule has 1 aliphatic carbocycles. The van der Waals surface area contributed by atoms with Crippen LogP contribution in [0.25, 0.3) is 10.8 Å². The van der Waals surface area contributed by atoms with Crippen molar-refractivity contribution in [2.45, 2.75) is 12.8 Å². The predicted octanol–water partition coefficient (Wildman–Crippen LogP) is 4.31. The Bertz CT molecular complexity index is 714. The molecule has 3 rings (SSSR count). The topological polar surface area (TPSA) is 23.8 Å². The van der Waals surface area contributed by atoms with E-state index in [4.69, 9.17) is 0 Å². The molecular formula is C17H13N. The Balaban J connectivity index is 2.28. The molecule has 0 aromatic heterocycles. The maximum Gasteiger partial charge on any atom is 0.100 e. The van der Waals surface area contributed by atoms with Crippen molar-refractivity contribution in [1.29, 1.82) is 5.26 Å². The van der Waals surface area contributed by atoms with Crippen molar-refractivity contribution in [2.24, 2.45) is 0 Å². The van der Waals surface area contributed by atoms with Gasteiger partial charge in [-0.2, -0.15) is 5.26 Å². The molecule has 0 saturated heterocycles. The number of hydrogen-bond acceptors (Lipinski definition) is 1. The molecule has 1 heteroatoms.